The van der Waals surface area contributed by atoms with Crippen LogP contribution in [0.25, 0.3) is 0 Å². The minimum atomic E-state index is 0.0224. The van der Waals surface area contributed by atoms with Crippen LogP contribution in [0.3, 0.4) is 0 Å². The van der Waals surface area contributed by atoms with Gasteiger partial charge in [0.1, 0.15) is 5.82 Å². The van der Waals surface area contributed by atoms with Gasteiger partial charge in [-0.15, -0.1) is 0 Å². The second-order valence-electron chi connectivity index (χ2n) is 5.84. The molecule has 4 heteroatoms. The highest BCUT2D eigenvalue weighted by atomic mass is 16.1. The summed E-state index contributed by atoms with van der Waals surface area (Å²) < 4.78 is 0. The molecule has 2 rings (SSSR count). The Bertz CT molecular complexity index is 465. The van der Waals surface area contributed by atoms with Crippen LogP contribution >= 0.6 is 0 Å². The third-order valence-electron chi connectivity index (χ3n) is 3.92. The highest BCUT2D eigenvalue weighted by Gasteiger charge is 2.20. The van der Waals surface area contributed by atoms with E-state index in [-0.39, 0.29) is 5.91 Å². The van der Waals surface area contributed by atoms with Crippen molar-refractivity contribution in [2.75, 3.05) is 11.9 Å². The SMILES string of the molecule is CCNc1cc(C(=O)NC2CCC(C)CC2)cc(C)n1. The molecule has 1 amide bonds. The Morgan fingerprint density at radius 2 is 2.00 bits per heavy atom. The smallest absolute Gasteiger partial charge is 0.251 e. The molecule has 1 aliphatic carbocycles. The van der Waals surface area contributed by atoms with E-state index in [1.165, 1.54) is 12.8 Å². The first-order valence-electron chi connectivity index (χ1n) is 7.62. The Morgan fingerprint density at radius 1 is 1.30 bits per heavy atom. The van der Waals surface area contributed by atoms with Crippen molar-refractivity contribution >= 4 is 11.7 Å². The van der Waals surface area contributed by atoms with Gasteiger partial charge in [-0.2, -0.15) is 0 Å². The Balaban J connectivity index is 2.01. The van der Waals surface area contributed by atoms with Crippen molar-refractivity contribution in [3.63, 3.8) is 0 Å². The van der Waals surface area contributed by atoms with Crippen molar-refractivity contribution in [2.45, 2.75) is 52.5 Å². The van der Waals surface area contributed by atoms with Crippen LogP contribution in [0.4, 0.5) is 5.82 Å². The predicted molar refractivity (Wildman–Crippen MR) is 82.0 cm³/mol. The number of carbonyl (C=O) groups is 1. The van der Waals surface area contributed by atoms with E-state index >= 15 is 0 Å². The average Bonchev–Trinajstić information content (AvgIpc) is 2.41. The molecule has 0 saturated heterocycles. The number of hydrogen-bond acceptors (Lipinski definition) is 3. The Hall–Kier alpha value is -1.58. The zero-order valence-corrected chi connectivity index (χ0v) is 12.7. The molecule has 0 aliphatic heterocycles. The quantitative estimate of drug-likeness (QED) is 0.887. The first kappa shape index (κ1) is 14.8. The second kappa shape index (κ2) is 6.73. The fourth-order valence-corrected chi connectivity index (χ4v) is 2.74. The summed E-state index contributed by atoms with van der Waals surface area (Å²) in [6.07, 6.45) is 4.61. The van der Waals surface area contributed by atoms with Crippen molar-refractivity contribution in [3.05, 3.63) is 23.4 Å². The van der Waals surface area contributed by atoms with E-state index in [0.29, 0.717) is 11.6 Å². The standard InChI is InChI=1S/C16H25N3O/c1-4-17-15-10-13(9-12(3)18-15)16(20)19-14-7-5-11(2)6-8-14/h9-11,14H,4-8H2,1-3H3,(H,17,18)(H,19,20). The number of anilines is 1. The number of nitrogens with zero attached hydrogens (tertiary/aromatic N) is 1. The van der Waals surface area contributed by atoms with Crippen molar-refractivity contribution < 1.29 is 4.79 Å². The summed E-state index contributed by atoms with van der Waals surface area (Å²) in [5.74, 6) is 1.59. The van der Waals surface area contributed by atoms with E-state index in [2.05, 4.69) is 22.5 Å². The summed E-state index contributed by atoms with van der Waals surface area (Å²) in [5, 5.41) is 6.32. The molecular formula is C16H25N3O. The lowest BCUT2D eigenvalue weighted by atomic mass is 9.87. The van der Waals surface area contributed by atoms with E-state index in [0.717, 1.165) is 36.8 Å². The van der Waals surface area contributed by atoms with Crippen LogP contribution < -0.4 is 10.6 Å². The van der Waals surface area contributed by atoms with Gasteiger partial charge < -0.3 is 10.6 Å². The maximum atomic E-state index is 12.3. The molecule has 1 aromatic rings. The van der Waals surface area contributed by atoms with Crippen LogP contribution in [0.5, 0.6) is 0 Å². The Morgan fingerprint density at radius 3 is 2.65 bits per heavy atom. The predicted octanol–water partition coefficient (Wildman–Crippen LogP) is 3.13. The molecule has 1 saturated carbocycles. The van der Waals surface area contributed by atoms with Gasteiger partial charge >= 0.3 is 0 Å². The molecule has 1 fully saturated rings. The molecule has 0 atom stereocenters. The molecule has 0 aromatic carbocycles. The number of aryl methyl sites for hydroxylation is 1. The maximum Gasteiger partial charge on any atom is 0.251 e. The molecule has 1 aliphatic rings. The number of rotatable bonds is 4. The minimum absolute atomic E-state index is 0.0224. The average molecular weight is 275 g/mol. The fourth-order valence-electron chi connectivity index (χ4n) is 2.74. The summed E-state index contributed by atoms with van der Waals surface area (Å²) in [7, 11) is 0. The van der Waals surface area contributed by atoms with Gasteiger partial charge in [0.25, 0.3) is 5.91 Å². The molecule has 0 bridgehead atoms. The van der Waals surface area contributed by atoms with Gasteiger partial charge in [-0.3, -0.25) is 4.79 Å². The van der Waals surface area contributed by atoms with E-state index in [1.54, 1.807) is 0 Å². The zero-order valence-electron chi connectivity index (χ0n) is 12.7. The first-order valence-corrected chi connectivity index (χ1v) is 7.62. The van der Waals surface area contributed by atoms with Crippen LogP contribution in [-0.2, 0) is 0 Å². The topological polar surface area (TPSA) is 54.0 Å². The summed E-state index contributed by atoms with van der Waals surface area (Å²) in [4.78, 5) is 16.7. The number of nitrogens with one attached hydrogen (secondary N) is 2. The van der Waals surface area contributed by atoms with E-state index in [1.807, 2.05) is 26.0 Å². The van der Waals surface area contributed by atoms with E-state index in [9.17, 15) is 4.79 Å². The van der Waals surface area contributed by atoms with Gasteiger partial charge in [-0.05, 0) is 57.6 Å². The lowest BCUT2D eigenvalue weighted by molar-refractivity contribution is 0.0923. The number of carbonyl (C=O) groups excluding carboxylic acids is 1. The number of aromatic nitrogens is 1. The van der Waals surface area contributed by atoms with Gasteiger partial charge in [0.15, 0.2) is 0 Å². The molecule has 1 aromatic heterocycles. The van der Waals surface area contributed by atoms with Crippen molar-refractivity contribution in [1.82, 2.24) is 10.3 Å². The largest absolute Gasteiger partial charge is 0.370 e. The van der Waals surface area contributed by atoms with Gasteiger partial charge in [-0.25, -0.2) is 4.98 Å². The van der Waals surface area contributed by atoms with Gasteiger partial charge in [-0.1, -0.05) is 6.92 Å². The number of pyridine rings is 1. The zero-order chi connectivity index (χ0) is 14.5. The number of amides is 1. The number of hydrogen-bond donors (Lipinski definition) is 2. The molecule has 0 unspecified atom stereocenters. The molecule has 110 valence electrons. The first-order chi connectivity index (χ1) is 9.58. The van der Waals surface area contributed by atoms with Crippen LogP contribution in [0, 0.1) is 12.8 Å². The molecule has 0 radical (unpaired) electrons. The van der Waals surface area contributed by atoms with Gasteiger partial charge in [0.2, 0.25) is 0 Å². The summed E-state index contributed by atoms with van der Waals surface area (Å²) in [6.45, 7) is 7.03. The molecule has 2 N–H and O–H groups in total. The van der Waals surface area contributed by atoms with Crippen molar-refractivity contribution in [2.24, 2.45) is 5.92 Å². The second-order valence-corrected chi connectivity index (χ2v) is 5.84. The molecule has 20 heavy (non-hydrogen) atoms. The van der Waals surface area contributed by atoms with Crippen molar-refractivity contribution in [1.29, 1.82) is 0 Å². The monoisotopic (exact) mass is 275 g/mol. The van der Waals surface area contributed by atoms with Gasteiger partial charge in [0, 0.05) is 23.8 Å². The maximum absolute atomic E-state index is 12.3. The van der Waals surface area contributed by atoms with Gasteiger partial charge in [0.05, 0.1) is 0 Å². The van der Waals surface area contributed by atoms with Crippen LogP contribution in [0.1, 0.15) is 55.6 Å². The molecule has 1 heterocycles. The van der Waals surface area contributed by atoms with E-state index in [4.69, 9.17) is 0 Å². The van der Waals surface area contributed by atoms with E-state index < -0.39 is 0 Å². The highest BCUT2D eigenvalue weighted by Crippen LogP contribution is 2.23. The van der Waals surface area contributed by atoms with Crippen LogP contribution in [0.15, 0.2) is 12.1 Å². The Labute approximate surface area is 121 Å². The highest BCUT2D eigenvalue weighted by molar-refractivity contribution is 5.95. The van der Waals surface area contributed by atoms with Crippen LogP contribution in [-0.4, -0.2) is 23.5 Å². The molecular weight excluding hydrogens is 250 g/mol. The lowest BCUT2D eigenvalue weighted by Crippen LogP contribution is -2.37. The summed E-state index contributed by atoms with van der Waals surface area (Å²) >= 11 is 0. The normalized spacial score (nSPS) is 22.4. The van der Waals surface area contributed by atoms with Crippen molar-refractivity contribution in [3.8, 4) is 0 Å². The van der Waals surface area contributed by atoms with Crippen LogP contribution in [0.2, 0.25) is 0 Å². The third-order valence-corrected chi connectivity index (χ3v) is 3.92. The summed E-state index contributed by atoms with van der Waals surface area (Å²) in [6, 6.07) is 4.01. The third kappa shape index (κ3) is 3.95. The lowest BCUT2D eigenvalue weighted by Gasteiger charge is -2.27. The Kier molecular flexibility index (Phi) is 4.99. The summed E-state index contributed by atoms with van der Waals surface area (Å²) in [5.41, 5.74) is 1.57. The minimum Gasteiger partial charge on any atom is -0.370 e. The molecule has 4 nitrogen and oxygen atoms in total. The fraction of sp³-hybridized carbons (Fsp3) is 0.625. The molecule has 0 spiro atoms.